The third kappa shape index (κ3) is 2.98. The third-order valence-corrected chi connectivity index (χ3v) is 3.67. The minimum atomic E-state index is -1.00. The zero-order chi connectivity index (χ0) is 14.0. The molecule has 0 bridgehead atoms. The topological polar surface area (TPSA) is 29.5 Å². The maximum absolute atomic E-state index is 10.5. The Morgan fingerprint density at radius 1 is 1.05 bits per heavy atom. The monoisotopic (exact) mass is 316 g/mol. The summed E-state index contributed by atoms with van der Waals surface area (Å²) in [5.74, 6) is 0.496. The van der Waals surface area contributed by atoms with Crippen molar-refractivity contribution in [3.8, 4) is 5.75 Å². The summed E-state index contributed by atoms with van der Waals surface area (Å²) in [6, 6.07) is 10.0. The summed E-state index contributed by atoms with van der Waals surface area (Å²) in [6.45, 7) is 0. The fourth-order valence-corrected chi connectivity index (χ4v) is 2.51. The lowest BCUT2D eigenvalue weighted by atomic mass is 10.0. The van der Waals surface area contributed by atoms with E-state index in [1.165, 1.54) is 7.11 Å². The molecule has 1 N–H and O–H groups in total. The number of rotatable bonds is 3. The highest BCUT2D eigenvalue weighted by molar-refractivity contribution is 6.34. The number of methoxy groups -OCH3 is 1. The molecule has 5 heteroatoms. The first-order valence-electron chi connectivity index (χ1n) is 5.50. The van der Waals surface area contributed by atoms with Crippen LogP contribution in [0.25, 0.3) is 0 Å². The summed E-state index contributed by atoms with van der Waals surface area (Å²) < 4.78 is 5.22. The molecule has 0 amide bonds. The summed E-state index contributed by atoms with van der Waals surface area (Å²) in [6.07, 6.45) is -1.00. The lowest BCUT2D eigenvalue weighted by Gasteiger charge is -2.18. The average Bonchev–Trinajstić information content (AvgIpc) is 2.40. The van der Waals surface area contributed by atoms with E-state index in [2.05, 4.69) is 0 Å². The van der Waals surface area contributed by atoms with Gasteiger partial charge in [0.15, 0.2) is 0 Å². The Morgan fingerprint density at radius 2 is 1.79 bits per heavy atom. The first kappa shape index (κ1) is 14.5. The van der Waals surface area contributed by atoms with E-state index in [4.69, 9.17) is 39.5 Å². The quantitative estimate of drug-likeness (QED) is 0.886. The molecule has 0 spiro atoms. The van der Waals surface area contributed by atoms with Crippen molar-refractivity contribution in [1.82, 2.24) is 0 Å². The van der Waals surface area contributed by atoms with Gasteiger partial charge in [-0.05, 0) is 30.3 Å². The van der Waals surface area contributed by atoms with Crippen LogP contribution in [0.15, 0.2) is 36.4 Å². The van der Waals surface area contributed by atoms with Crippen LogP contribution in [-0.2, 0) is 0 Å². The highest BCUT2D eigenvalue weighted by atomic mass is 35.5. The van der Waals surface area contributed by atoms with Gasteiger partial charge in [0.1, 0.15) is 11.9 Å². The Bertz CT molecular complexity index is 599. The Morgan fingerprint density at radius 3 is 2.47 bits per heavy atom. The van der Waals surface area contributed by atoms with E-state index in [9.17, 15) is 5.11 Å². The van der Waals surface area contributed by atoms with Crippen LogP contribution in [0.4, 0.5) is 0 Å². The molecule has 0 radical (unpaired) electrons. The van der Waals surface area contributed by atoms with Gasteiger partial charge in [-0.2, -0.15) is 0 Å². The Labute approximate surface area is 126 Å². The normalized spacial score (nSPS) is 12.3. The number of halogens is 3. The Hall–Kier alpha value is -0.930. The molecule has 0 fully saturated rings. The molecule has 2 nitrogen and oxygen atoms in total. The summed E-state index contributed by atoms with van der Waals surface area (Å²) >= 11 is 18.1. The van der Waals surface area contributed by atoms with Crippen LogP contribution in [-0.4, -0.2) is 12.2 Å². The molecule has 2 rings (SSSR count). The number of ether oxygens (including phenoxy) is 1. The van der Waals surface area contributed by atoms with E-state index in [0.717, 1.165) is 0 Å². The minimum Gasteiger partial charge on any atom is -0.496 e. The van der Waals surface area contributed by atoms with Gasteiger partial charge in [-0.25, -0.2) is 0 Å². The predicted octanol–water partition coefficient (Wildman–Crippen LogP) is 4.74. The first-order chi connectivity index (χ1) is 9.04. The number of benzene rings is 2. The van der Waals surface area contributed by atoms with Crippen LogP contribution in [0.3, 0.4) is 0 Å². The Balaban J connectivity index is 2.55. The van der Waals surface area contributed by atoms with Gasteiger partial charge < -0.3 is 9.84 Å². The van der Waals surface area contributed by atoms with Gasteiger partial charge in [0.25, 0.3) is 0 Å². The first-order valence-corrected chi connectivity index (χ1v) is 6.63. The van der Waals surface area contributed by atoms with Gasteiger partial charge in [-0.15, -0.1) is 0 Å². The maximum Gasteiger partial charge on any atom is 0.126 e. The smallest absolute Gasteiger partial charge is 0.126 e. The molecule has 2 aromatic carbocycles. The summed E-state index contributed by atoms with van der Waals surface area (Å²) in [5.41, 5.74) is 0.955. The Kier molecular flexibility index (Phi) is 4.58. The van der Waals surface area contributed by atoms with Crippen molar-refractivity contribution in [1.29, 1.82) is 0 Å². The number of hydrogen-bond donors (Lipinski definition) is 1. The van der Waals surface area contributed by atoms with E-state index in [0.29, 0.717) is 31.9 Å². The second kappa shape index (κ2) is 6.02. The van der Waals surface area contributed by atoms with Gasteiger partial charge in [0, 0.05) is 21.2 Å². The van der Waals surface area contributed by atoms with Crippen molar-refractivity contribution in [2.75, 3.05) is 7.11 Å². The van der Waals surface area contributed by atoms with Crippen molar-refractivity contribution in [3.05, 3.63) is 62.6 Å². The van der Waals surface area contributed by atoms with E-state index in [-0.39, 0.29) is 0 Å². The van der Waals surface area contributed by atoms with Gasteiger partial charge in [-0.3, -0.25) is 0 Å². The standard InChI is InChI=1S/C14H11Cl3O2/c1-19-12-4-2-3-11(17)13(12)14(18)9-7-8(15)5-6-10(9)16/h2-7,14,18H,1H3. The van der Waals surface area contributed by atoms with E-state index >= 15 is 0 Å². The molecule has 0 saturated carbocycles. The summed E-state index contributed by atoms with van der Waals surface area (Å²) in [5, 5.41) is 11.8. The van der Waals surface area contributed by atoms with Crippen LogP contribution in [0.1, 0.15) is 17.2 Å². The van der Waals surface area contributed by atoms with E-state index < -0.39 is 6.10 Å². The lowest BCUT2D eigenvalue weighted by molar-refractivity contribution is 0.215. The molecular formula is C14H11Cl3O2. The molecule has 2 aromatic rings. The zero-order valence-electron chi connectivity index (χ0n) is 10.0. The van der Waals surface area contributed by atoms with E-state index in [1.54, 1.807) is 36.4 Å². The molecule has 1 unspecified atom stereocenters. The van der Waals surface area contributed by atoms with Gasteiger partial charge in [0.2, 0.25) is 0 Å². The molecule has 0 aromatic heterocycles. The zero-order valence-corrected chi connectivity index (χ0v) is 12.3. The van der Waals surface area contributed by atoms with Crippen molar-refractivity contribution in [2.45, 2.75) is 6.10 Å². The number of hydrogen-bond acceptors (Lipinski definition) is 2. The third-order valence-electron chi connectivity index (χ3n) is 2.76. The van der Waals surface area contributed by atoms with Crippen LogP contribution in [0, 0.1) is 0 Å². The molecule has 0 aliphatic heterocycles. The van der Waals surface area contributed by atoms with Crippen LogP contribution >= 0.6 is 34.8 Å². The maximum atomic E-state index is 10.5. The van der Waals surface area contributed by atoms with Crippen molar-refractivity contribution >= 4 is 34.8 Å². The lowest BCUT2D eigenvalue weighted by Crippen LogP contribution is -2.04. The fraction of sp³-hybridized carbons (Fsp3) is 0.143. The average molecular weight is 318 g/mol. The number of aliphatic hydroxyl groups is 1. The minimum absolute atomic E-state index is 0.405. The molecule has 1 atom stereocenters. The largest absolute Gasteiger partial charge is 0.496 e. The van der Waals surface area contributed by atoms with Crippen molar-refractivity contribution in [2.24, 2.45) is 0 Å². The van der Waals surface area contributed by atoms with Crippen LogP contribution < -0.4 is 4.74 Å². The fourth-order valence-electron chi connectivity index (χ4n) is 1.84. The molecule has 0 aliphatic carbocycles. The molecule has 0 saturated heterocycles. The van der Waals surface area contributed by atoms with Gasteiger partial charge in [-0.1, -0.05) is 40.9 Å². The highest BCUT2D eigenvalue weighted by Gasteiger charge is 2.21. The SMILES string of the molecule is COc1cccc(Cl)c1C(O)c1cc(Cl)ccc1Cl. The highest BCUT2D eigenvalue weighted by Crippen LogP contribution is 2.38. The molecule has 0 aliphatic rings. The van der Waals surface area contributed by atoms with E-state index in [1.807, 2.05) is 0 Å². The van der Waals surface area contributed by atoms with Gasteiger partial charge >= 0.3 is 0 Å². The van der Waals surface area contributed by atoms with Crippen molar-refractivity contribution in [3.63, 3.8) is 0 Å². The van der Waals surface area contributed by atoms with Crippen molar-refractivity contribution < 1.29 is 9.84 Å². The number of aliphatic hydroxyl groups excluding tert-OH is 1. The molecule has 100 valence electrons. The predicted molar refractivity (Wildman–Crippen MR) is 78.5 cm³/mol. The van der Waals surface area contributed by atoms with Crippen LogP contribution in [0.5, 0.6) is 5.75 Å². The van der Waals surface area contributed by atoms with Crippen LogP contribution in [0.2, 0.25) is 15.1 Å². The second-order valence-corrected chi connectivity index (χ2v) is 5.17. The summed E-state index contributed by atoms with van der Waals surface area (Å²) in [4.78, 5) is 0. The molecular weight excluding hydrogens is 307 g/mol. The second-order valence-electron chi connectivity index (χ2n) is 3.92. The van der Waals surface area contributed by atoms with Gasteiger partial charge in [0.05, 0.1) is 12.1 Å². The molecule has 19 heavy (non-hydrogen) atoms. The molecule has 0 heterocycles. The summed E-state index contributed by atoms with van der Waals surface area (Å²) in [7, 11) is 1.52.